The van der Waals surface area contributed by atoms with Crippen molar-refractivity contribution in [1.29, 1.82) is 0 Å². The first kappa shape index (κ1) is 42.7. The number of hydrogen-bond acceptors (Lipinski definition) is 11. The van der Waals surface area contributed by atoms with Gasteiger partial charge in [0.1, 0.15) is 11.6 Å². The van der Waals surface area contributed by atoms with Gasteiger partial charge in [-0.1, -0.05) is 68.5 Å². The van der Waals surface area contributed by atoms with E-state index in [9.17, 15) is 19.5 Å². The fourth-order valence-corrected chi connectivity index (χ4v) is 9.48. The molecule has 0 aliphatic carbocycles. The monoisotopic (exact) mass is 832 g/mol. The Balaban J connectivity index is 1.09. The maximum Gasteiger partial charge on any atom is 0.355 e. The van der Waals surface area contributed by atoms with Crippen molar-refractivity contribution < 1.29 is 29.0 Å². The van der Waals surface area contributed by atoms with E-state index in [1.54, 1.807) is 0 Å². The van der Waals surface area contributed by atoms with E-state index >= 15 is 0 Å². The number of fused-ring (bicyclic) bond motifs is 2. The first-order chi connectivity index (χ1) is 28.7. The minimum absolute atomic E-state index is 0.0179. The van der Waals surface area contributed by atoms with E-state index in [0.717, 1.165) is 64.1 Å². The van der Waals surface area contributed by atoms with Gasteiger partial charge >= 0.3 is 11.9 Å². The van der Waals surface area contributed by atoms with Gasteiger partial charge in [0.05, 0.1) is 30.0 Å². The third-order valence-electron chi connectivity index (χ3n) is 11.6. The SMILES string of the molecule is CCOC(=O)CN1[C@H](C)CN(CCCOc2cccc(-c3c(C(C)(C)C)cc(N4CCc5cccc(C(=O)Nc6nc7ccccc7s6)c5C4)nc3C(=O)O)c2C)C[C@@H]1C. The summed E-state index contributed by atoms with van der Waals surface area (Å²) in [4.78, 5) is 55.3. The number of nitrogens with one attached hydrogen (secondary N) is 1. The molecule has 7 rings (SSSR count). The first-order valence-corrected chi connectivity index (χ1v) is 21.7. The van der Waals surface area contributed by atoms with Crippen LogP contribution in [0.1, 0.15) is 91.1 Å². The molecule has 2 aliphatic heterocycles. The van der Waals surface area contributed by atoms with Crippen LogP contribution in [-0.4, -0.2) is 101 Å². The molecule has 0 bridgehead atoms. The summed E-state index contributed by atoms with van der Waals surface area (Å²) in [6.07, 6.45) is 1.49. The predicted molar refractivity (Wildman–Crippen MR) is 238 cm³/mol. The minimum atomic E-state index is -1.11. The fraction of sp³-hybridized carbons (Fsp3) is 0.426. The summed E-state index contributed by atoms with van der Waals surface area (Å²) in [7, 11) is 0. The number of carboxylic acids is 1. The van der Waals surface area contributed by atoms with Crippen LogP contribution in [0.3, 0.4) is 0 Å². The molecule has 1 saturated heterocycles. The summed E-state index contributed by atoms with van der Waals surface area (Å²) >= 11 is 1.44. The average molecular weight is 833 g/mol. The van der Waals surface area contributed by atoms with E-state index in [4.69, 9.17) is 14.5 Å². The van der Waals surface area contributed by atoms with Gasteiger partial charge in [-0.25, -0.2) is 14.8 Å². The molecule has 5 aromatic rings. The highest BCUT2D eigenvalue weighted by Crippen LogP contribution is 2.41. The molecule has 2 aliphatic rings. The third-order valence-corrected chi connectivity index (χ3v) is 12.5. The number of piperazine rings is 1. The van der Waals surface area contributed by atoms with Gasteiger partial charge in [-0.05, 0) is 104 Å². The van der Waals surface area contributed by atoms with Crippen LogP contribution < -0.4 is 15.0 Å². The molecule has 2 aromatic heterocycles. The molecular weight excluding hydrogens is 777 g/mol. The number of aromatic nitrogens is 2. The summed E-state index contributed by atoms with van der Waals surface area (Å²) in [6, 6.07) is 21.9. The van der Waals surface area contributed by atoms with Crippen molar-refractivity contribution in [3.05, 3.63) is 100 Å². The number of esters is 1. The van der Waals surface area contributed by atoms with Crippen molar-refractivity contribution in [3.63, 3.8) is 0 Å². The molecule has 2 atom stereocenters. The van der Waals surface area contributed by atoms with E-state index in [-0.39, 0.29) is 29.7 Å². The highest BCUT2D eigenvalue weighted by atomic mass is 32.1. The zero-order valence-electron chi connectivity index (χ0n) is 35.7. The number of aromatic carboxylic acids is 1. The average Bonchev–Trinajstić information content (AvgIpc) is 3.62. The van der Waals surface area contributed by atoms with E-state index < -0.39 is 11.4 Å². The summed E-state index contributed by atoms with van der Waals surface area (Å²) in [5, 5.41) is 14.3. The number of ether oxygens (including phenoxy) is 2. The molecule has 0 saturated carbocycles. The van der Waals surface area contributed by atoms with Gasteiger partial charge in [0.15, 0.2) is 10.8 Å². The van der Waals surface area contributed by atoms with E-state index in [0.29, 0.717) is 67.1 Å². The second kappa shape index (κ2) is 18.1. The lowest BCUT2D eigenvalue weighted by molar-refractivity contribution is -0.146. The summed E-state index contributed by atoms with van der Waals surface area (Å²) < 4.78 is 12.6. The lowest BCUT2D eigenvalue weighted by Crippen LogP contribution is -2.58. The Morgan fingerprint density at radius 3 is 2.45 bits per heavy atom. The molecule has 13 heteroatoms. The van der Waals surface area contributed by atoms with Crippen LogP contribution >= 0.6 is 11.3 Å². The van der Waals surface area contributed by atoms with Crippen LogP contribution in [-0.2, 0) is 27.9 Å². The zero-order valence-corrected chi connectivity index (χ0v) is 36.5. The summed E-state index contributed by atoms with van der Waals surface area (Å²) in [5.74, 6) is -0.256. The fourth-order valence-electron chi connectivity index (χ4n) is 8.62. The van der Waals surface area contributed by atoms with Gasteiger partial charge in [0.25, 0.3) is 5.91 Å². The number of amides is 1. The van der Waals surface area contributed by atoms with E-state index in [1.165, 1.54) is 11.3 Å². The molecule has 0 spiro atoms. The minimum Gasteiger partial charge on any atom is -0.493 e. The Morgan fingerprint density at radius 1 is 0.983 bits per heavy atom. The number of carboxylic acid groups (broad SMARTS) is 1. The third kappa shape index (κ3) is 9.33. The number of thiazole rings is 1. The van der Waals surface area contributed by atoms with E-state index in [2.05, 4.69) is 65.7 Å². The Labute approximate surface area is 356 Å². The van der Waals surface area contributed by atoms with Crippen molar-refractivity contribution in [2.45, 2.75) is 85.4 Å². The Hall–Kier alpha value is -5.37. The molecule has 1 fully saturated rings. The van der Waals surface area contributed by atoms with Crippen LogP contribution in [0.4, 0.5) is 10.9 Å². The molecule has 60 heavy (non-hydrogen) atoms. The summed E-state index contributed by atoms with van der Waals surface area (Å²) in [5.41, 5.74) is 5.99. The summed E-state index contributed by atoms with van der Waals surface area (Å²) in [6.45, 7) is 19.2. The van der Waals surface area contributed by atoms with Gasteiger partial charge < -0.3 is 24.4 Å². The Kier molecular flexibility index (Phi) is 12.9. The van der Waals surface area contributed by atoms with E-state index in [1.807, 2.05) is 74.5 Å². The molecule has 1 amide bonds. The van der Waals surface area contributed by atoms with Gasteiger partial charge in [-0.2, -0.15) is 0 Å². The molecule has 0 radical (unpaired) electrons. The molecule has 12 nitrogen and oxygen atoms in total. The number of rotatable bonds is 13. The number of nitrogens with zero attached hydrogens (tertiary/aromatic N) is 5. The number of benzene rings is 3. The van der Waals surface area contributed by atoms with Crippen molar-refractivity contribution in [2.75, 3.05) is 56.2 Å². The quantitative estimate of drug-likeness (QED) is 0.0878. The predicted octanol–water partition coefficient (Wildman–Crippen LogP) is 8.20. The zero-order chi connectivity index (χ0) is 42.7. The largest absolute Gasteiger partial charge is 0.493 e. The number of para-hydroxylation sites is 1. The van der Waals surface area contributed by atoms with Gasteiger partial charge in [-0.15, -0.1) is 0 Å². The Bertz CT molecular complexity index is 2350. The van der Waals surface area contributed by atoms with Gasteiger partial charge in [-0.3, -0.25) is 19.8 Å². The molecule has 4 heterocycles. The van der Waals surface area contributed by atoms with Crippen molar-refractivity contribution in [3.8, 4) is 16.9 Å². The highest BCUT2D eigenvalue weighted by Gasteiger charge is 2.32. The topological polar surface area (TPSA) is 137 Å². The molecule has 3 aromatic carbocycles. The van der Waals surface area contributed by atoms with Crippen LogP contribution in [0, 0.1) is 6.92 Å². The normalized spacial score (nSPS) is 17.4. The van der Waals surface area contributed by atoms with Crippen molar-refractivity contribution >= 4 is 50.3 Å². The number of carbonyl (C=O) groups is 3. The van der Waals surface area contributed by atoms with Crippen LogP contribution in [0.5, 0.6) is 5.75 Å². The molecule has 0 unspecified atom stereocenters. The molecular formula is C47H56N6O6S. The second-order valence-corrected chi connectivity index (χ2v) is 18.0. The lowest BCUT2D eigenvalue weighted by Gasteiger charge is -2.44. The number of pyridine rings is 1. The second-order valence-electron chi connectivity index (χ2n) is 16.9. The Morgan fingerprint density at radius 2 is 1.73 bits per heavy atom. The van der Waals surface area contributed by atoms with Gasteiger partial charge in [0.2, 0.25) is 0 Å². The maximum absolute atomic E-state index is 13.7. The standard InChI is InChI=1S/C47H56N6O6S/c1-8-58-41(54)28-53-29(2)25-51(26-30(53)3)21-13-23-59-38-18-12-15-33(31(38)4)42-36(47(5,6)7)24-40(49-43(42)45(56)57)52-22-20-32-14-11-16-34(35(32)27-52)44(55)50-46-48-37-17-9-10-19-39(37)60-46/h9-12,14-19,24,29-30H,8,13,20-23,25-28H2,1-7H3,(H,56,57)(H,48,50,55)/t29-,30+. The number of hydrogen-bond donors (Lipinski definition) is 2. The molecule has 2 N–H and O–H groups in total. The van der Waals surface area contributed by atoms with Crippen molar-refractivity contribution in [2.24, 2.45) is 0 Å². The van der Waals surface area contributed by atoms with Crippen LogP contribution in [0.25, 0.3) is 21.3 Å². The van der Waals surface area contributed by atoms with Crippen LogP contribution in [0.15, 0.2) is 66.7 Å². The van der Waals surface area contributed by atoms with Crippen molar-refractivity contribution in [1.82, 2.24) is 19.8 Å². The smallest absolute Gasteiger partial charge is 0.355 e. The van der Waals surface area contributed by atoms with Gasteiger partial charge in [0, 0.05) is 55.9 Å². The first-order valence-electron chi connectivity index (χ1n) is 20.9. The molecule has 316 valence electrons. The number of anilines is 2. The maximum atomic E-state index is 13.7. The highest BCUT2D eigenvalue weighted by molar-refractivity contribution is 7.22. The lowest BCUT2D eigenvalue weighted by atomic mass is 9.80. The number of carbonyl (C=O) groups excluding carboxylic acids is 2. The van der Waals surface area contributed by atoms with Crippen LogP contribution in [0.2, 0.25) is 0 Å².